The van der Waals surface area contributed by atoms with Gasteiger partial charge < -0.3 is 19.3 Å². The van der Waals surface area contributed by atoms with Gasteiger partial charge in [-0.15, -0.1) is 0 Å². The molecule has 1 aromatic carbocycles. The average molecular weight is 331 g/mol. The second kappa shape index (κ2) is 7.00. The Bertz CT molecular complexity index is 646. The topological polar surface area (TPSA) is 65.8 Å². The van der Waals surface area contributed by atoms with Gasteiger partial charge in [-0.1, -0.05) is 0 Å². The standard InChI is InChI=1S/C18H25N3O3/c1-13-12-20(17(22)24-18(2,3)4)8-9-21(13)15-7-6-14(11-19)16(10-15)23-5/h6-7,10,13H,8-9,12H2,1-5H3. The van der Waals surface area contributed by atoms with Crippen LogP contribution in [0.2, 0.25) is 0 Å². The molecule has 0 spiro atoms. The number of hydrogen-bond acceptors (Lipinski definition) is 5. The SMILES string of the molecule is COc1cc(N2CCN(C(=O)OC(C)(C)C)CC2C)ccc1C#N. The third kappa shape index (κ3) is 4.10. The van der Waals surface area contributed by atoms with Crippen LogP contribution in [-0.2, 0) is 4.74 Å². The van der Waals surface area contributed by atoms with Gasteiger partial charge in [-0.05, 0) is 39.8 Å². The van der Waals surface area contributed by atoms with E-state index >= 15 is 0 Å². The van der Waals surface area contributed by atoms with E-state index in [0.29, 0.717) is 30.9 Å². The van der Waals surface area contributed by atoms with Crippen LogP contribution in [-0.4, -0.2) is 49.4 Å². The Hall–Kier alpha value is -2.42. The van der Waals surface area contributed by atoms with Crippen molar-refractivity contribution >= 4 is 11.8 Å². The van der Waals surface area contributed by atoms with Gasteiger partial charge in [0.25, 0.3) is 0 Å². The molecular formula is C18H25N3O3. The molecule has 1 saturated heterocycles. The molecular weight excluding hydrogens is 306 g/mol. The molecule has 6 nitrogen and oxygen atoms in total. The fraction of sp³-hybridized carbons (Fsp3) is 0.556. The molecule has 6 heteroatoms. The maximum absolute atomic E-state index is 12.2. The van der Waals surface area contributed by atoms with Crippen LogP contribution >= 0.6 is 0 Å². The first-order valence-electron chi connectivity index (χ1n) is 8.08. The number of hydrogen-bond donors (Lipinski definition) is 0. The summed E-state index contributed by atoms with van der Waals surface area (Å²) in [6, 6.07) is 7.82. The van der Waals surface area contributed by atoms with E-state index in [0.717, 1.165) is 5.69 Å². The minimum Gasteiger partial charge on any atom is -0.495 e. The third-order valence-corrected chi connectivity index (χ3v) is 3.92. The number of carbonyl (C=O) groups is 1. The normalized spacial score (nSPS) is 18.1. The number of ether oxygens (including phenoxy) is 2. The largest absolute Gasteiger partial charge is 0.495 e. The lowest BCUT2D eigenvalue weighted by Crippen LogP contribution is -2.54. The molecule has 2 rings (SSSR count). The predicted octanol–water partition coefficient (Wildman–Crippen LogP) is 3.01. The fourth-order valence-electron chi connectivity index (χ4n) is 2.78. The lowest BCUT2D eigenvalue weighted by molar-refractivity contribution is 0.0219. The number of nitriles is 1. The lowest BCUT2D eigenvalue weighted by Gasteiger charge is -2.41. The number of nitrogens with zero attached hydrogens (tertiary/aromatic N) is 3. The molecule has 24 heavy (non-hydrogen) atoms. The summed E-state index contributed by atoms with van der Waals surface area (Å²) in [5.74, 6) is 0.566. The summed E-state index contributed by atoms with van der Waals surface area (Å²) >= 11 is 0. The minimum atomic E-state index is -0.488. The Labute approximate surface area is 143 Å². The van der Waals surface area contributed by atoms with Crippen LogP contribution in [0.3, 0.4) is 0 Å². The maximum atomic E-state index is 12.2. The molecule has 0 aromatic heterocycles. The van der Waals surface area contributed by atoms with Crippen LogP contribution in [0.15, 0.2) is 18.2 Å². The zero-order chi connectivity index (χ0) is 17.9. The van der Waals surface area contributed by atoms with E-state index in [-0.39, 0.29) is 12.1 Å². The molecule has 0 saturated carbocycles. The van der Waals surface area contributed by atoms with Crippen LogP contribution in [0.25, 0.3) is 0 Å². The van der Waals surface area contributed by atoms with Crippen LogP contribution < -0.4 is 9.64 Å². The van der Waals surface area contributed by atoms with Crippen molar-refractivity contribution in [3.05, 3.63) is 23.8 Å². The summed E-state index contributed by atoms with van der Waals surface area (Å²) < 4.78 is 10.7. The summed E-state index contributed by atoms with van der Waals surface area (Å²) in [5.41, 5.74) is 1.02. The van der Waals surface area contributed by atoms with Crippen LogP contribution in [0, 0.1) is 11.3 Å². The van der Waals surface area contributed by atoms with Gasteiger partial charge in [0.15, 0.2) is 0 Å². The minimum absolute atomic E-state index is 0.143. The Morgan fingerprint density at radius 1 is 1.33 bits per heavy atom. The highest BCUT2D eigenvalue weighted by molar-refractivity contribution is 5.69. The van der Waals surface area contributed by atoms with Gasteiger partial charge in [-0.25, -0.2) is 4.79 Å². The van der Waals surface area contributed by atoms with Crippen molar-refractivity contribution in [2.45, 2.75) is 39.3 Å². The summed E-state index contributed by atoms with van der Waals surface area (Å²) in [4.78, 5) is 16.2. The van der Waals surface area contributed by atoms with E-state index in [1.54, 1.807) is 18.1 Å². The molecule has 0 N–H and O–H groups in total. The Kier molecular flexibility index (Phi) is 5.23. The molecule has 0 radical (unpaired) electrons. The molecule has 1 unspecified atom stereocenters. The zero-order valence-corrected chi connectivity index (χ0v) is 15.0. The number of amides is 1. The average Bonchev–Trinajstić information content (AvgIpc) is 2.52. The zero-order valence-electron chi connectivity index (χ0n) is 15.0. The smallest absolute Gasteiger partial charge is 0.410 e. The van der Waals surface area contributed by atoms with E-state index in [2.05, 4.69) is 17.9 Å². The van der Waals surface area contributed by atoms with Gasteiger partial charge in [0.05, 0.1) is 12.7 Å². The van der Waals surface area contributed by atoms with Gasteiger partial charge in [0.2, 0.25) is 0 Å². The third-order valence-electron chi connectivity index (χ3n) is 3.92. The Morgan fingerprint density at radius 2 is 2.04 bits per heavy atom. The summed E-state index contributed by atoms with van der Waals surface area (Å²) in [7, 11) is 1.56. The van der Waals surface area contributed by atoms with Crippen molar-refractivity contribution in [2.75, 3.05) is 31.6 Å². The second-order valence-electron chi connectivity index (χ2n) is 6.97. The molecule has 1 fully saturated rings. The van der Waals surface area contributed by atoms with Crippen molar-refractivity contribution in [2.24, 2.45) is 0 Å². The van der Waals surface area contributed by atoms with E-state index < -0.39 is 5.60 Å². The number of piperazine rings is 1. The molecule has 1 aliphatic rings. The van der Waals surface area contributed by atoms with Gasteiger partial charge in [0, 0.05) is 37.4 Å². The molecule has 130 valence electrons. The lowest BCUT2D eigenvalue weighted by atomic mass is 10.1. The number of methoxy groups -OCH3 is 1. The van der Waals surface area contributed by atoms with Crippen LogP contribution in [0.5, 0.6) is 5.75 Å². The second-order valence-corrected chi connectivity index (χ2v) is 6.97. The Balaban J connectivity index is 2.09. The predicted molar refractivity (Wildman–Crippen MR) is 92.3 cm³/mol. The fourth-order valence-corrected chi connectivity index (χ4v) is 2.78. The molecule has 1 atom stereocenters. The maximum Gasteiger partial charge on any atom is 0.410 e. The van der Waals surface area contributed by atoms with E-state index in [1.165, 1.54) is 0 Å². The summed E-state index contributed by atoms with van der Waals surface area (Å²) in [6.45, 7) is 9.57. The molecule has 1 aromatic rings. The molecule has 1 heterocycles. The number of rotatable bonds is 2. The molecule has 1 aliphatic heterocycles. The van der Waals surface area contributed by atoms with Crippen molar-refractivity contribution < 1.29 is 14.3 Å². The first-order chi connectivity index (χ1) is 11.2. The molecule has 0 bridgehead atoms. The summed E-state index contributed by atoms with van der Waals surface area (Å²) in [5, 5.41) is 9.09. The quantitative estimate of drug-likeness (QED) is 0.833. The van der Waals surface area contributed by atoms with Gasteiger partial charge in [-0.2, -0.15) is 5.26 Å². The van der Waals surface area contributed by atoms with Crippen LogP contribution in [0.1, 0.15) is 33.3 Å². The van der Waals surface area contributed by atoms with E-state index in [9.17, 15) is 4.79 Å². The van der Waals surface area contributed by atoms with E-state index in [1.807, 2.05) is 32.9 Å². The monoisotopic (exact) mass is 331 g/mol. The van der Waals surface area contributed by atoms with E-state index in [4.69, 9.17) is 14.7 Å². The molecule has 1 amide bonds. The van der Waals surface area contributed by atoms with Crippen molar-refractivity contribution in [1.29, 1.82) is 5.26 Å². The van der Waals surface area contributed by atoms with Crippen molar-refractivity contribution in [3.8, 4) is 11.8 Å². The number of carbonyl (C=O) groups excluding carboxylic acids is 1. The number of anilines is 1. The highest BCUT2D eigenvalue weighted by Gasteiger charge is 2.30. The van der Waals surface area contributed by atoms with Crippen molar-refractivity contribution in [1.82, 2.24) is 4.90 Å². The summed E-state index contributed by atoms with van der Waals surface area (Å²) in [6.07, 6.45) is -0.272. The van der Waals surface area contributed by atoms with Crippen LogP contribution in [0.4, 0.5) is 10.5 Å². The Morgan fingerprint density at radius 3 is 2.58 bits per heavy atom. The van der Waals surface area contributed by atoms with Gasteiger partial charge in [0.1, 0.15) is 17.4 Å². The number of benzene rings is 1. The van der Waals surface area contributed by atoms with Gasteiger partial charge >= 0.3 is 6.09 Å². The molecule has 0 aliphatic carbocycles. The van der Waals surface area contributed by atoms with Crippen molar-refractivity contribution in [3.63, 3.8) is 0 Å². The highest BCUT2D eigenvalue weighted by Crippen LogP contribution is 2.28. The highest BCUT2D eigenvalue weighted by atomic mass is 16.6. The first-order valence-corrected chi connectivity index (χ1v) is 8.08. The first kappa shape index (κ1) is 17.9. The van der Waals surface area contributed by atoms with Gasteiger partial charge in [-0.3, -0.25) is 0 Å².